The molecule has 2 N–H and O–H groups in total. The molecule has 0 heterocycles. The Morgan fingerprint density at radius 1 is 1.27 bits per heavy atom. The highest BCUT2D eigenvalue weighted by atomic mass is 16.5. The predicted molar refractivity (Wildman–Crippen MR) is 64.5 cm³/mol. The van der Waals surface area contributed by atoms with Crippen LogP contribution in [0.3, 0.4) is 0 Å². The zero-order valence-electron chi connectivity index (χ0n) is 9.95. The highest BCUT2D eigenvalue weighted by molar-refractivity contribution is 5.48. The number of ether oxygens (including phenoxy) is 1. The van der Waals surface area contributed by atoms with E-state index in [1.165, 1.54) is 0 Å². The first-order chi connectivity index (χ1) is 6.92. The Balaban J connectivity index is 2.70. The van der Waals surface area contributed by atoms with Gasteiger partial charge in [0, 0.05) is 24.8 Å². The van der Waals surface area contributed by atoms with Gasteiger partial charge in [-0.2, -0.15) is 0 Å². The second kappa shape index (κ2) is 4.53. The fourth-order valence-corrected chi connectivity index (χ4v) is 1.54. The lowest BCUT2D eigenvalue weighted by Gasteiger charge is -2.28. The number of nitrogens with zero attached hydrogens (tertiary/aromatic N) is 1. The summed E-state index contributed by atoms with van der Waals surface area (Å²) in [6, 6.07) is 7.97. The van der Waals surface area contributed by atoms with Crippen molar-refractivity contribution in [2.45, 2.75) is 19.4 Å². The summed E-state index contributed by atoms with van der Waals surface area (Å²) >= 11 is 0. The van der Waals surface area contributed by atoms with Crippen molar-refractivity contribution >= 4 is 5.69 Å². The molecule has 1 aromatic rings. The molecule has 3 heteroatoms. The van der Waals surface area contributed by atoms with Crippen LogP contribution in [-0.2, 0) is 0 Å². The topological polar surface area (TPSA) is 38.5 Å². The molecule has 0 unspecified atom stereocenters. The molecule has 1 aromatic carbocycles. The molecular weight excluding hydrogens is 188 g/mol. The lowest BCUT2D eigenvalue weighted by molar-refractivity contribution is 0.415. The van der Waals surface area contributed by atoms with Crippen molar-refractivity contribution in [1.29, 1.82) is 0 Å². The third-order valence-corrected chi connectivity index (χ3v) is 2.16. The molecule has 0 fully saturated rings. The first-order valence-corrected chi connectivity index (χ1v) is 5.06. The Hall–Kier alpha value is -1.22. The molecule has 0 saturated carbocycles. The molecule has 0 aliphatic rings. The van der Waals surface area contributed by atoms with Gasteiger partial charge in [0.05, 0.1) is 7.11 Å². The molecule has 1 rings (SSSR count). The van der Waals surface area contributed by atoms with E-state index >= 15 is 0 Å². The number of methoxy groups -OCH3 is 1. The summed E-state index contributed by atoms with van der Waals surface area (Å²) in [5, 5.41) is 0. The van der Waals surface area contributed by atoms with E-state index in [0.29, 0.717) is 0 Å². The SMILES string of the molecule is COc1ccc(N(C)CC(C)(C)N)cc1. The Kier molecular flexibility index (Phi) is 3.58. The molecule has 0 bridgehead atoms. The third kappa shape index (κ3) is 3.80. The monoisotopic (exact) mass is 208 g/mol. The van der Waals surface area contributed by atoms with Crippen molar-refractivity contribution in [2.75, 3.05) is 25.6 Å². The van der Waals surface area contributed by atoms with E-state index in [1.54, 1.807) is 7.11 Å². The normalized spacial score (nSPS) is 11.3. The maximum absolute atomic E-state index is 5.96. The van der Waals surface area contributed by atoms with Crippen molar-refractivity contribution in [3.05, 3.63) is 24.3 Å². The summed E-state index contributed by atoms with van der Waals surface area (Å²) in [6.45, 7) is 4.86. The Morgan fingerprint density at radius 3 is 2.20 bits per heavy atom. The molecular formula is C12H20N2O. The average molecular weight is 208 g/mol. The molecule has 3 nitrogen and oxygen atoms in total. The number of nitrogens with two attached hydrogens (primary N) is 1. The molecule has 0 aliphatic carbocycles. The molecule has 0 radical (unpaired) electrons. The summed E-state index contributed by atoms with van der Waals surface area (Å²) in [5.41, 5.74) is 6.93. The Labute approximate surface area is 91.8 Å². The van der Waals surface area contributed by atoms with Crippen LogP contribution in [0.25, 0.3) is 0 Å². The number of anilines is 1. The van der Waals surface area contributed by atoms with Gasteiger partial charge in [0.1, 0.15) is 5.75 Å². The van der Waals surface area contributed by atoms with Crippen LogP contribution < -0.4 is 15.4 Å². The first-order valence-electron chi connectivity index (χ1n) is 5.06. The number of hydrogen-bond acceptors (Lipinski definition) is 3. The van der Waals surface area contributed by atoms with Crippen LogP contribution in [0.2, 0.25) is 0 Å². The summed E-state index contributed by atoms with van der Waals surface area (Å²) < 4.78 is 5.11. The number of likely N-dealkylation sites (N-methyl/N-ethyl adjacent to an activating group) is 1. The zero-order chi connectivity index (χ0) is 11.5. The molecule has 0 amide bonds. The van der Waals surface area contributed by atoms with Gasteiger partial charge in [0.25, 0.3) is 0 Å². The number of rotatable bonds is 4. The van der Waals surface area contributed by atoms with Crippen LogP contribution in [0.4, 0.5) is 5.69 Å². The maximum atomic E-state index is 5.96. The van der Waals surface area contributed by atoms with E-state index in [-0.39, 0.29) is 5.54 Å². The highest BCUT2D eigenvalue weighted by Crippen LogP contribution is 2.19. The molecule has 0 saturated heterocycles. The fraction of sp³-hybridized carbons (Fsp3) is 0.500. The molecule has 0 aliphatic heterocycles. The Bertz CT molecular complexity index is 300. The van der Waals surface area contributed by atoms with Crippen molar-refractivity contribution in [3.8, 4) is 5.75 Å². The number of benzene rings is 1. The van der Waals surface area contributed by atoms with Gasteiger partial charge in [-0.1, -0.05) is 0 Å². The van der Waals surface area contributed by atoms with E-state index in [2.05, 4.69) is 4.90 Å². The largest absolute Gasteiger partial charge is 0.497 e. The minimum absolute atomic E-state index is 0.186. The number of hydrogen-bond donors (Lipinski definition) is 1. The van der Waals surface area contributed by atoms with Crippen molar-refractivity contribution < 1.29 is 4.74 Å². The van der Waals surface area contributed by atoms with Crippen LogP contribution in [0.1, 0.15) is 13.8 Å². The predicted octanol–water partition coefficient (Wildman–Crippen LogP) is 1.87. The summed E-state index contributed by atoms with van der Waals surface area (Å²) in [4.78, 5) is 2.14. The lowest BCUT2D eigenvalue weighted by atomic mass is 10.1. The molecule has 0 aromatic heterocycles. The molecule has 84 valence electrons. The van der Waals surface area contributed by atoms with Crippen molar-refractivity contribution in [1.82, 2.24) is 0 Å². The summed E-state index contributed by atoms with van der Waals surface area (Å²) in [6.07, 6.45) is 0. The molecule has 0 spiro atoms. The summed E-state index contributed by atoms with van der Waals surface area (Å²) in [5.74, 6) is 0.874. The third-order valence-electron chi connectivity index (χ3n) is 2.16. The van der Waals surface area contributed by atoms with Gasteiger partial charge in [0.15, 0.2) is 0 Å². The van der Waals surface area contributed by atoms with Crippen LogP contribution in [-0.4, -0.2) is 26.2 Å². The fourth-order valence-electron chi connectivity index (χ4n) is 1.54. The van der Waals surface area contributed by atoms with Crippen LogP contribution >= 0.6 is 0 Å². The van der Waals surface area contributed by atoms with Crippen molar-refractivity contribution in [3.63, 3.8) is 0 Å². The van der Waals surface area contributed by atoms with Crippen LogP contribution in [0.5, 0.6) is 5.75 Å². The lowest BCUT2D eigenvalue weighted by Crippen LogP contribution is -2.43. The quantitative estimate of drug-likeness (QED) is 0.821. The average Bonchev–Trinajstić information content (AvgIpc) is 2.15. The van der Waals surface area contributed by atoms with E-state index in [0.717, 1.165) is 18.0 Å². The smallest absolute Gasteiger partial charge is 0.119 e. The van der Waals surface area contributed by atoms with Gasteiger partial charge in [-0.15, -0.1) is 0 Å². The van der Waals surface area contributed by atoms with E-state index in [4.69, 9.17) is 10.5 Å². The van der Waals surface area contributed by atoms with Crippen LogP contribution in [0.15, 0.2) is 24.3 Å². The van der Waals surface area contributed by atoms with Crippen LogP contribution in [0, 0.1) is 0 Å². The second-order valence-corrected chi connectivity index (χ2v) is 4.54. The minimum Gasteiger partial charge on any atom is -0.497 e. The van der Waals surface area contributed by atoms with Gasteiger partial charge >= 0.3 is 0 Å². The van der Waals surface area contributed by atoms with Gasteiger partial charge in [-0.05, 0) is 38.1 Å². The van der Waals surface area contributed by atoms with Gasteiger partial charge in [0.2, 0.25) is 0 Å². The van der Waals surface area contributed by atoms with E-state index in [9.17, 15) is 0 Å². The van der Waals surface area contributed by atoms with Crippen molar-refractivity contribution in [2.24, 2.45) is 5.73 Å². The van der Waals surface area contributed by atoms with Gasteiger partial charge in [-0.25, -0.2) is 0 Å². The highest BCUT2D eigenvalue weighted by Gasteiger charge is 2.14. The minimum atomic E-state index is -0.186. The molecule has 0 atom stereocenters. The Morgan fingerprint density at radius 2 is 1.80 bits per heavy atom. The standard InChI is InChI=1S/C12H20N2O/c1-12(2,13)9-14(3)10-5-7-11(15-4)8-6-10/h5-8H,9,13H2,1-4H3. The van der Waals surface area contributed by atoms with Gasteiger partial charge in [-0.3, -0.25) is 0 Å². The maximum Gasteiger partial charge on any atom is 0.119 e. The molecule has 15 heavy (non-hydrogen) atoms. The second-order valence-electron chi connectivity index (χ2n) is 4.54. The van der Waals surface area contributed by atoms with E-state index in [1.807, 2.05) is 45.2 Å². The first kappa shape index (κ1) is 11.9. The zero-order valence-corrected chi connectivity index (χ0v) is 9.95. The van der Waals surface area contributed by atoms with E-state index < -0.39 is 0 Å². The summed E-state index contributed by atoms with van der Waals surface area (Å²) in [7, 11) is 3.71. The van der Waals surface area contributed by atoms with Gasteiger partial charge < -0.3 is 15.4 Å².